The van der Waals surface area contributed by atoms with Gasteiger partial charge in [0.1, 0.15) is 23.2 Å². The number of halogens is 2. The maximum atomic E-state index is 13.4. The van der Waals surface area contributed by atoms with Crippen LogP contribution in [0.3, 0.4) is 0 Å². The summed E-state index contributed by atoms with van der Waals surface area (Å²) >= 11 is 4.85. The van der Waals surface area contributed by atoms with Crippen LogP contribution >= 0.6 is 27.3 Å². The average Bonchev–Trinajstić information content (AvgIpc) is 3.17. The van der Waals surface area contributed by atoms with E-state index in [2.05, 4.69) is 15.9 Å². The molecule has 0 saturated heterocycles. The molecule has 0 unspecified atom stereocenters. The molecule has 3 aromatic carbocycles. The van der Waals surface area contributed by atoms with Gasteiger partial charge in [-0.25, -0.2) is 22.9 Å². The molecule has 9 heteroatoms. The Kier molecular flexibility index (Phi) is 6.19. The normalized spacial score (nSPS) is 11.5. The molecule has 0 aliphatic carbocycles. The molecule has 0 bridgehead atoms. The third-order valence-corrected chi connectivity index (χ3v) is 6.89. The molecule has 0 saturated carbocycles. The molecule has 0 aliphatic heterocycles. The first kappa shape index (κ1) is 21.6. The second kappa shape index (κ2) is 8.88. The highest BCUT2D eigenvalue weighted by molar-refractivity contribution is 9.10. The molecule has 31 heavy (non-hydrogen) atoms. The van der Waals surface area contributed by atoms with Gasteiger partial charge in [-0.2, -0.15) is 0 Å². The number of primary sulfonamides is 1. The first-order valence-corrected chi connectivity index (χ1v) is 12.2. The van der Waals surface area contributed by atoms with Crippen LogP contribution in [0.5, 0.6) is 5.75 Å². The monoisotopic (exact) mass is 518 g/mol. The Morgan fingerprint density at radius 2 is 1.68 bits per heavy atom. The Bertz CT molecular complexity index is 1320. The fourth-order valence-corrected chi connectivity index (χ4v) is 4.82. The topological polar surface area (TPSA) is 82.3 Å². The lowest BCUT2D eigenvalue weighted by atomic mass is 10.1. The van der Waals surface area contributed by atoms with E-state index in [0.29, 0.717) is 11.4 Å². The van der Waals surface area contributed by atoms with E-state index in [1.54, 1.807) is 24.3 Å². The van der Waals surface area contributed by atoms with Crippen molar-refractivity contribution in [2.45, 2.75) is 11.5 Å². The number of aromatic nitrogens is 1. The maximum Gasteiger partial charge on any atom is 0.238 e. The Balaban J connectivity index is 1.71. The highest BCUT2D eigenvalue weighted by Crippen LogP contribution is 2.37. The van der Waals surface area contributed by atoms with Gasteiger partial charge in [-0.3, -0.25) is 0 Å². The van der Waals surface area contributed by atoms with Crippen LogP contribution in [-0.4, -0.2) is 13.4 Å². The molecule has 0 amide bonds. The van der Waals surface area contributed by atoms with E-state index in [0.717, 1.165) is 25.5 Å². The number of nitrogens with zero attached hydrogens (tertiary/aromatic N) is 1. The van der Waals surface area contributed by atoms with Gasteiger partial charge in [0.05, 0.1) is 15.5 Å². The van der Waals surface area contributed by atoms with E-state index < -0.39 is 10.0 Å². The minimum absolute atomic E-state index is 0.0213. The van der Waals surface area contributed by atoms with Crippen LogP contribution in [0, 0.1) is 5.82 Å². The SMILES string of the molecule is NS(=O)(=O)c1ccc(-c2nc(COc3cccc(Br)c3)sc2-c2ccc(F)cc2)cc1. The molecule has 4 rings (SSSR count). The third-order valence-electron chi connectivity index (χ3n) is 4.39. The van der Waals surface area contributed by atoms with Crippen molar-refractivity contribution in [3.05, 3.63) is 88.1 Å². The summed E-state index contributed by atoms with van der Waals surface area (Å²) in [5.74, 6) is 0.373. The molecule has 0 fully saturated rings. The van der Waals surface area contributed by atoms with Crippen molar-refractivity contribution in [2.24, 2.45) is 5.14 Å². The number of benzene rings is 3. The van der Waals surface area contributed by atoms with Gasteiger partial charge in [-0.15, -0.1) is 11.3 Å². The molecular weight excluding hydrogens is 503 g/mol. The summed E-state index contributed by atoms with van der Waals surface area (Å²) < 4.78 is 43.3. The quantitative estimate of drug-likeness (QED) is 0.359. The van der Waals surface area contributed by atoms with E-state index in [4.69, 9.17) is 14.9 Å². The summed E-state index contributed by atoms with van der Waals surface area (Å²) in [6.45, 7) is 0.255. The van der Waals surface area contributed by atoms with Gasteiger partial charge in [0.2, 0.25) is 10.0 Å². The molecule has 4 aromatic rings. The van der Waals surface area contributed by atoms with Crippen LogP contribution in [0.2, 0.25) is 0 Å². The van der Waals surface area contributed by atoms with Crippen LogP contribution in [-0.2, 0) is 16.6 Å². The number of thiazole rings is 1. The van der Waals surface area contributed by atoms with Crippen molar-refractivity contribution in [3.8, 4) is 27.4 Å². The number of sulfonamides is 1. The Hall–Kier alpha value is -2.59. The smallest absolute Gasteiger partial charge is 0.238 e. The van der Waals surface area contributed by atoms with Gasteiger partial charge in [0, 0.05) is 10.0 Å². The van der Waals surface area contributed by atoms with Crippen molar-refractivity contribution in [3.63, 3.8) is 0 Å². The summed E-state index contributed by atoms with van der Waals surface area (Å²) in [6.07, 6.45) is 0. The lowest BCUT2D eigenvalue weighted by Gasteiger charge is -2.04. The first-order chi connectivity index (χ1) is 14.8. The van der Waals surface area contributed by atoms with Crippen molar-refractivity contribution >= 4 is 37.3 Å². The number of nitrogens with two attached hydrogens (primary N) is 1. The molecule has 0 aliphatic rings. The first-order valence-electron chi connectivity index (χ1n) is 9.07. The lowest BCUT2D eigenvalue weighted by molar-refractivity contribution is 0.305. The minimum atomic E-state index is -3.79. The van der Waals surface area contributed by atoms with Crippen LogP contribution in [0.25, 0.3) is 21.7 Å². The molecule has 0 radical (unpaired) electrons. The fraction of sp³-hybridized carbons (Fsp3) is 0.0455. The van der Waals surface area contributed by atoms with E-state index in [9.17, 15) is 12.8 Å². The standard InChI is InChI=1S/C22H16BrFN2O3S2/c23-16-2-1-3-18(12-16)29-13-20-26-21(14-6-10-19(11-7-14)31(25,27)28)22(30-20)15-4-8-17(24)9-5-15/h1-12H,13H2,(H2,25,27,28). The van der Waals surface area contributed by atoms with Crippen molar-refractivity contribution in [1.82, 2.24) is 4.98 Å². The second-order valence-corrected chi connectivity index (χ2v) is 10.2. The van der Waals surface area contributed by atoms with Crippen LogP contribution in [0.1, 0.15) is 5.01 Å². The highest BCUT2D eigenvalue weighted by Gasteiger charge is 2.17. The number of ether oxygens (including phenoxy) is 1. The zero-order chi connectivity index (χ0) is 22.0. The lowest BCUT2D eigenvalue weighted by Crippen LogP contribution is -2.11. The summed E-state index contributed by atoms with van der Waals surface area (Å²) in [7, 11) is -3.79. The zero-order valence-electron chi connectivity index (χ0n) is 16.0. The highest BCUT2D eigenvalue weighted by atomic mass is 79.9. The van der Waals surface area contributed by atoms with Gasteiger partial charge < -0.3 is 4.74 Å². The van der Waals surface area contributed by atoms with E-state index in [1.807, 2.05) is 24.3 Å². The van der Waals surface area contributed by atoms with Crippen molar-refractivity contribution in [1.29, 1.82) is 0 Å². The van der Waals surface area contributed by atoms with Crippen LogP contribution < -0.4 is 9.88 Å². The Morgan fingerprint density at radius 1 is 1.00 bits per heavy atom. The van der Waals surface area contributed by atoms with Crippen molar-refractivity contribution in [2.75, 3.05) is 0 Å². The van der Waals surface area contributed by atoms with Crippen molar-refractivity contribution < 1.29 is 17.5 Å². The molecular formula is C22H16BrFN2O3S2. The summed E-state index contributed by atoms with van der Waals surface area (Å²) in [4.78, 5) is 5.57. The maximum absolute atomic E-state index is 13.4. The third kappa shape index (κ3) is 5.19. The summed E-state index contributed by atoms with van der Waals surface area (Å²) in [5, 5.41) is 5.92. The average molecular weight is 519 g/mol. The molecule has 1 heterocycles. The van der Waals surface area contributed by atoms with E-state index in [-0.39, 0.29) is 17.3 Å². The molecule has 158 valence electrons. The van der Waals surface area contributed by atoms with Gasteiger partial charge in [0.25, 0.3) is 0 Å². The number of hydrogen-bond donors (Lipinski definition) is 1. The van der Waals surface area contributed by atoms with Gasteiger partial charge in [-0.05, 0) is 48.0 Å². The fourth-order valence-electron chi connectivity index (χ4n) is 2.92. The summed E-state index contributed by atoms with van der Waals surface area (Å²) in [6, 6.07) is 19.8. The van der Waals surface area contributed by atoms with Gasteiger partial charge in [0.15, 0.2) is 0 Å². The molecule has 0 spiro atoms. The van der Waals surface area contributed by atoms with Crippen LogP contribution in [0.15, 0.2) is 82.2 Å². The number of hydrogen-bond acceptors (Lipinski definition) is 5. The Labute approximate surface area is 191 Å². The predicted octanol–water partition coefficient (Wildman–Crippen LogP) is 5.61. The molecule has 0 atom stereocenters. The molecule has 1 aromatic heterocycles. The van der Waals surface area contributed by atoms with Gasteiger partial charge >= 0.3 is 0 Å². The molecule has 5 nitrogen and oxygen atoms in total. The summed E-state index contributed by atoms with van der Waals surface area (Å²) in [5.41, 5.74) is 2.18. The molecule has 2 N–H and O–H groups in total. The zero-order valence-corrected chi connectivity index (χ0v) is 19.2. The predicted molar refractivity (Wildman–Crippen MR) is 123 cm³/mol. The number of rotatable bonds is 6. The largest absolute Gasteiger partial charge is 0.486 e. The van der Waals surface area contributed by atoms with Crippen LogP contribution in [0.4, 0.5) is 4.39 Å². The minimum Gasteiger partial charge on any atom is -0.486 e. The second-order valence-electron chi connectivity index (χ2n) is 6.61. The van der Waals surface area contributed by atoms with E-state index in [1.165, 1.54) is 35.6 Å². The Morgan fingerprint density at radius 3 is 2.32 bits per heavy atom. The van der Waals surface area contributed by atoms with Gasteiger partial charge in [-0.1, -0.05) is 46.3 Å². The van der Waals surface area contributed by atoms with E-state index >= 15 is 0 Å².